The standard InChI is InChI=1S/C20H25N3O3S.K/c1-15(9-8-12-23(6)27(25,26)20(2,3)4)13-16-14-22(5)19(24)18-17(16)10-7-11-21-18;/h7-11,13-14H,1-6H3;/q-2;+1/b15-9-;. The van der Waals surface area contributed by atoms with Gasteiger partial charge >= 0.3 is 51.4 Å². The molecule has 6 nitrogen and oxygen atoms in total. The fourth-order valence-electron chi connectivity index (χ4n) is 2.47. The van der Waals surface area contributed by atoms with Crippen molar-refractivity contribution in [3.05, 3.63) is 70.8 Å². The van der Waals surface area contributed by atoms with Gasteiger partial charge in [0.1, 0.15) is 0 Å². The number of nitrogens with zero attached hydrogens (tertiary/aromatic N) is 3. The zero-order valence-corrected chi connectivity index (χ0v) is 21.5. The summed E-state index contributed by atoms with van der Waals surface area (Å²) in [6.45, 7) is 6.83. The molecule has 0 amide bonds. The maximum Gasteiger partial charge on any atom is 1.00 e. The van der Waals surface area contributed by atoms with Gasteiger partial charge in [0.2, 0.25) is 10.0 Å². The number of allylic oxidation sites excluding steroid dienone is 3. The summed E-state index contributed by atoms with van der Waals surface area (Å²) in [6.07, 6.45) is 11.4. The Morgan fingerprint density at radius 2 is 2.00 bits per heavy atom. The van der Waals surface area contributed by atoms with Crippen molar-refractivity contribution in [3.8, 4) is 0 Å². The molecule has 0 unspecified atom stereocenters. The second-order valence-electron chi connectivity index (χ2n) is 7.34. The van der Waals surface area contributed by atoms with E-state index in [0.29, 0.717) is 5.52 Å². The number of hydrogen-bond donors (Lipinski definition) is 0. The Bertz CT molecular complexity index is 1060. The molecule has 0 fully saturated rings. The van der Waals surface area contributed by atoms with Crippen LogP contribution in [0.4, 0.5) is 0 Å². The van der Waals surface area contributed by atoms with Gasteiger partial charge < -0.3 is 8.87 Å². The Kier molecular flexibility index (Phi) is 8.74. The van der Waals surface area contributed by atoms with Crippen LogP contribution < -0.4 is 56.9 Å². The van der Waals surface area contributed by atoms with Crippen molar-refractivity contribution in [1.82, 2.24) is 13.9 Å². The molecule has 0 aromatic carbocycles. The minimum Gasteiger partial charge on any atom is -0.366 e. The van der Waals surface area contributed by atoms with Gasteiger partial charge in [-0.1, -0.05) is 30.6 Å². The van der Waals surface area contributed by atoms with Crippen LogP contribution in [0.3, 0.4) is 0 Å². The zero-order chi connectivity index (χ0) is 20.4. The molecule has 0 spiro atoms. The van der Waals surface area contributed by atoms with Crippen LogP contribution >= 0.6 is 0 Å². The molecule has 8 heteroatoms. The molecular formula is C20H25KN3O3S-. The van der Waals surface area contributed by atoms with Crippen LogP contribution in [0.5, 0.6) is 0 Å². The number of rotatable bonds is 5. The summed E-state index contributed by atoms with van der Waals surface area (Å²) in [5, 5.41) is 0.772. The maximum absolute atomic E-state index is 12.3. The van der Waals surface area contributed by atoms with E-state index >= 15 is 0 Å². The Morgan fingerprint density at radius 3 is 2.61 bits per heavy atom. The van der Waals surface area contributed by atoms with E-state index in [4.69, 9.17) is 0 Å². The van der Waals surface area contributed by atoms with Gasteiger partial charge in [-0.25, -0.2) is 8.42 Å². The number of aromatic nitrogens is 2. The number of aryl methyl sites for hydroxylation is 1. The van der Waals surface area contributed by atoms with Crippen molar-refractivity contribution < 1.29 is 59.8 Å². The molecule has 0 N–H and O–H groups in total. The normalized spacial score (nSPS) is 12.9. The first-order valence-corrected chi connectivity index (χ1v) is 9.93. The van der Waals surface area contributed by atoms with Gasteiger partial charge in [-0.3, -0.25) is 9.78 Å². The molecule has 28 heavy (non-hydrogen) atoms. The second-order valence-corrected chi connectivity index (χ2v) is 10.1. The first-order valence-electron chi connectivity index (χ1n) is 8.49. The zero-order valence-electron chi connectivity index (χ0n) is 17.5. The molecule has 2 heterocycles. The molecule has 0 saturated carbocycles. The molecule has 0 aliphatic heterocycles. The number of hydrogen-bond acceptors (Lipinski definition) is 4. The summed E-state index contributed by atoms with van der Waals surface area (Å²) in [4.78, 5) is 16.4. The average Bonchev–Trinajstić information content (AvgIpc) is 2.58. The van der Waals surface area contributed by atoms with Crippen molar-refractivity contribution in [1.29, 1.82) is 0 Å². The van der Waals surface area contributed by atoms with Crippen molar-refractivity contribution >= 4 is 20.9 Å². The van der Waals surface area contributed by atoms with Gasteiger partial charge in [-0.2, -0.15) is 6.08 Å². The summed E-state index contributed by atoms with van der Waals surface area (Å²) in [5.41, 5.74) is 2.01. The van der Waals surface area contributed by atoms with Crippen molar-refractivity contribution in [2.24, 2.45) is 7.05 Å². The molecule has 2 rings (SSSR count). The Hall–Kier alpha value is -0.904. The summed E-state index contributed by atoms with van der Waals surface area (Å²) in [6, 6.07) is 3.65. The molecule has 0 saturated heterocycles. The van der Waals surface area contributed by atoms with E-state index < -0.39 is 14.8 Å². The Labute approximate surface area is 209 Å². The van der Waals surface area contributed by atoms with Gasteiger partial charge in [-0.05, 0) is 20.8 Å². The molecule has 0 aliphatic carbocycles. The SMILES string of the molecule is C/C(=C/C=[C-]N(C)S(=O)(=O)C(C)(C)C)[CH-]c1cn(C)c(=O)c2ncccc12.[K+]. The minimum atomic E-state index is -3.47. The van der Waals surface area contributed by atoms with E-state index in [9.17, 15) is 13.2 Å². The van der Waals surface area contributed by atoms with Crippen LogP contribution in [0, 0.1) is 12.6 Å². The third kappa shape index (κ3) is 5.58. The number of pyridine rings is 2. The quantitative estimate of drug-likeness (QED) is 0.288. The Morgan fingerprint density at radius 1 is 1.36 bits per heavy atom. The topological polar surface area (TPSA) is 72.3 Å². The first-order chi connectivity index (χ1) is 12.4. The van der Waals surface area contributed by atoms with E-state index in [0.717, 1.165) is 20.8 Å². The van der Waals surface area contributed by atoms with Gasteiger partial charge in [0.15, 0.2) is 0 Å². The van der Waals surface area contributed by atoms with Crippen molar-refractivity contribution in [3.63, 3.8) is 0 Å². The molecule has 146 valence electrons. The smallest absolute Gasteiger partial charge is 0.366 e. The van der Waals surface area contributed by atoms with Crippen LogP contribution in [-0.4, -0.2) is 34.1 Å². The Balaban J connectivity index is 0.00000392. The first kappa shape index (κ1) is 25.1. The summed E-state index contributed by atoms with van der Waals surface area (Å²) >= 11 is 0. The fourth-order valence-corrected chi connectivity index (χ4v) is 3.50. The molecular weight excluding hydrogens is 401 g/mol. The molecule has 2 aromatic heterocycles. The van der Waals surface area contributed by atoms with Crippen LogP contribution in [0.1, 0.15) is 33.3 Å². The van der Waals surface area contributed by atoms with Crippen molar-refractivity contribution in [2.75, 3.05) is 7.05 Å². The summed E-state index contributed by atoms with van der Waals surface area (Å²) < 4.78 is 26.3. The van der Waals surface area contributed by atoms with E-state index in [2.05, 4.69) is 11.2 Å². The van der Waals surface area contributed by atoms with Gasteiger partial charge in [0.25, 0.3) is 5.56 Å². The monoisotopic (exact) mass is 426 g/mol. The van der Waals surface area contributed by atoms with E-state index in [1.54, 1.807) is 58.4 Å². The number of fused-ring (bicyclic) bond motifs is 1. The van der Waals surface area contributed by atoms with Crippen LogP contribution in [0.15, 0.2) is 47.0 Å². The minimum absolute atomic E-state index is 0. The second kappa shape index (κ2) is 9.73. The molecule has 0 radical (unpaired) electrons. The van der Waals surface area contributed by atoms with E-state index in [1.807, 2.05) is 19.4 Å². The third-order valence-electron chi connectivity index (χ3n) is 4.09. The largest absolute Gasteiger partial charge is 1.00 e. The van der Waals surface area contributed by atoms with Crippen LogP contribution in [-0.2, 0) is 17.1 Å². The summed E-state index contributed by atoms with van der Waals surface area (Å²) in [5.74, 6) is 0. The summed E-state index contributed by atoms with van der Waals surface area (Å²) in [7, 11) is -0.312. The number of sulfonamides is 1. The average molecular weight is 427 g/mol. The van der Waals surface area contributed by atoms with E-state index in [-0.39, 0.29) is 56.9 Å². The maximum atomic E-state index is 12.3. The molecule has 0 aliphatic rings. The third-order valence-corrected chi connectivity index (χ3v) is 6.47. The van der Waals surface area contributed by atoms with Gasteiger partial charge in [0.05, 0.1) is 10.3 Å². The van der Waals surface area contributed by atoms with Gasteiger partial charge in [0, 0.05) is 20.3 Å². The van der Waals surface area contributed by atoms with E-state index in [1.165, 1.54) is 11.6 Å². The van der Waals surface area contributed by atoms with Crippen molar-refractivity contribution in [2.45, 2.75) is 32.4 Å². The van der Waals surface area contributed by atoms with Crippen LogP contribution in [0.25, 0.3) is 10.9 Å². The molecule has 0 bridgehead atoms. The molecule has 0 atom stereocenters. The van der Waals surface area contributed by atoms with Gasteiger partial charge in [-0.15, -0.1) is 29.8 Å². The molecule has 2 aromatic rings. The fraction of sp³-hybridized carbons (Fsp3) is 0.350. The predicted molar refractivity (Wildman–Crippen MR) is 108 cm³/mol. The predicted octanol–water partition coefficient (Wildman–Crippen LogP) is -0.187. The van der Waals surface area contributed by atoms with Crippen LogP contribution in [0.2, 0.25) is 0 Å².